The number of carbonyl (C=O) groups is 1. The molecule has 0 unspecified atom stereocenters. The second-order valence-electron chi connectivity index (χ2n) is 3.98. The third-order valence-corrected chi connectivity index (χ3v) is 2.94. The Labute approximate surface area is 105 Å². The molecule has 0 aliphatic heterocycles. The lowest BCUT2D eigenvalue weighted by Gasteiger charge is -2.02. The van der Waals surface area contributed by atoms with Gasteiger partial charge in [0.2, 0.25) is 0 Å². The van der Waals surface area contributed by atoms with Gasteiger partial charge in [0.25, 0.3) is 0 Å². The van der Waals surface area contributed by atoms with Crippen LogP contribution in [0.5, 0.6) is 0 Å². The monoisotopic (exact) mass is 248 g/mol. The summed E-state index contributed by atoms with van der Waals surface area (Å²) in [6, 6.07) is 9.64. The maximum absolute atomic E-state index is 11.2. The molecular weight excluding hydrogens is 236 g/mol. The van der Waals surface area contributed by atoms with Crippen LogP contribution in [0.1, 0.15) is 18.2 Å². The van der Waals surface area contributed by atoms with Crippen LogP contribution in [0.4, 0.5) is 0 Å². The van der Waals surface area contributed by atoms with Gasteiger partial charge in [0.15, 0.2) is 0 Å². The Morgan fingerprint density at radius 2 is 2.00 bits per heavy atom. The molecule has 0 fully saturated rings. The molecule has 0 radical (unpaired) electrons. The average molecular weight is 249 g/mol. The number of rotatable bonds is 3. The third-order valence-electron chi connectivity index (χ3n) is 2.55. The van der Waals surface area contributed by atoms with E-state index >= 15 is 0 Å². The fourth-order valence-corrected chi connectivity index (χ4v) is 2.06. The second-order valence-corrected chi connectivity index (χ2v) is 4.34. The number of halogens is 1. The van der Waals surface area contributed by atoms with E-state index in [1.165, 1.54) is 0 Å². The first-order valence-corrected chi connectivity index (χ1v) is 5.76. The topological polar surface area (TPSA) is 34.9 Å². The third kappa shape index (κ3) is 2.39. The first-order valence-electron chi connectivity index (χ1n) is 5.38. The van der Waals surface area contributed by atoms with E-state index in [2.05, 4.69) is 5.10 Å². The van der Waals surface area contributed by atoms with Crippen LogP contribution in [-0.4, -0.2) is 15.6 Å². The van der Waals surface area contributed by atoms with Gasteiger partial charge < -0.3 is 0 Å². The minimum Gasteiger partial charge on any atom is -0.300 e. The highest BCUT2D eigenvalue weighted by molar-refractivity contribution is 6.30. The number of ketones is 1. The minimum absolute atomic E-state index is 0.0858. The molecular formula is C13H13ClN2O. The fraction of sp³-hybridized carbons (Fsp3) is 0.231. The standard InChI is InChI=1S/C13H13ClN2O/c1-9(17)8-12-10(2)15-16(13(12)14)11-6-4-3-5-7-11/h3-7H,8H2,1-2H3. The van der Waals surface area contributed by atoms with Crippen molar-refractivity contribution in [1.29, 1.82) is 0 Å². The van der Waals surface area contributed by atoms with Gasteiger partial charge in [-0.1, -0.05) is 29.8 Å². The van der Waals surface area contributed by atoms with Crippen molar-refractivity contribution >= 4 is 17.4 Å². The predicted molar refractivity (Wildman–Crippen MR) is 67.7 cm³/mol. The molecule has 0 spiro atoms. The number of para-hydroxylation sites is 1. The molecule has 2 aromatic rings. The smallest absolute Gasteiger partial charge is 0.136 e. The van der Waals surface area contributed by atoms with Gasteiger partial charge in [0.1, 0.15) is 10.9 Å². The van der Waals surface area contributed by atoms with Crippen molar-refractivity contribution in [2.75, 3.05) is 0 Å². The molecule has 0 atom stereocenters. The van der Waals surface area contributed by atoms with Crippen molar-refractivity contribution in [2.24, 2.45) is 0 Å². The molecule has 4 heteroatoms. The highest BCUT2D eigenvalue weighted by Crippen LogP contribution is 2.23. The van der Waals surface area contributed by atoms with Gasteiger partial charge in [-0.15, -0.1) is 0 Å². The fourth-order valence-electron chi connectivity index (χ4n) is 1.72. The molecule has 0 aliphatic carbocycles. The average Bonchev–Trinajstić information content (AvgIpc) is 2.58. The van der Waals surface area contributed by atoms with Crippen molar-refractivity contribution in [3.8, 4) is 5.69 Å². The zero-order valence-corrected chi connectivity index (χ0v) is 10.5. The quantitative estimate of drug-likeness (QED) is 0.837. The van der Waals surface area contributed by atoms with Crippen LogP contribution < -0.4 is 0 Å². The van der Waals surface area contributed by atoms with Gasteiger partial charge in [-0.05, 0) is 26.0 Å². The zero-order chi connectivity index (χ0) is 12.4. The molecule has 1 aromatic heterocycles. The van der Waals surface area contributed by atoms with E-state index in [1.54, 1.807) is 11.6 Å². The summed E-state index contributed by atoms with van der Waals surface area (Å²) in [4.78, 5) is 11.2. The van der Waals surface area contributed by atoms with Gasteiger partial charge in [-0.25, -0.2) is 4.68 Å². The van der Waals surface area contributed by atoms with Gasteiger partial charge >= 0.3 is 0 Å². The predicted octanol–water partition coefficient (Wildman–Crippen LogP) is 2.97. The van der Waals surface area contributed by atoms with E-state index in [4.69, 9.17) is 11.6 Å². The number of aromatic nitrogens is 2. The highest BCUT2D eigenvalue weighted by atomic mass is 35.5. The van der Waals surface area contributed by atoms with Crippen LogP contribution in [0.15, 0.2) is 30.3 Å². The molecule has 88 valence electrons. The van der Waals surface area contributed by atoms with E-state index in [0.29, 0.717) is 11.6 Å². The van der Waals surface area contributed by atoms with Crippen molar-refractivity contribution in [2.45, 2.75) is 20.3 Å². The number of carbonyl (C=O) groups excluding carboxylic acids is 1. The summed E-state index contributed by atoms with van der Waals surface area (Å²) in [7, 11) is 0. The summed E-state index contributed by atoms with van der Waals surface area (Å²) in [6.45, 7) is 3.42. The lowest BCUT2D eigenvalue weighted by molar-refractivity contribution is -0.116. The molecule has 1 aromatic carbocycles. The Bertz CT molecular complexity index is 546. The van der Waals surface area contributed by atoms with Crippen LogP contribution in [0.25, 0.3) is 5.69 Å². The minimum atomic E-state index is 0.0858. The molecule has 1 heterocycles. The molecule has 3 nitrogen and oxygen atoms in total. The number of aryl methyl sites for hydroxylation is 1. The molecule has 2 rings (SSSR count). The lowest BCUT2D eigenvalue weighted by atomic mass is 10.1. The number of hydrogen-bond acceptors (Lipinski definition) is 2. The Kier molecular flexibility index (Phi) is 3.29. The van der Waals surface area contributed by atoms with Crippen LogP contribution in [-0.2, 0) is 11.2 Å². The van der Waals surface area contributed by atoms with E-state index in [1.807, 2.05) is 37.3 Å². The first-order chi connectivity index (χ1) is 8.09. The maximum Gasteiger partial charge on any atom is 0.136 e. The van der Waals surface area contributed by atoms with Crippen molar-refractivity contribution in [3.05, 3.63) is 46.7 Å². The molecule has 0 saturated carbocycles. The Hall–Kier alpha value is -1.61. The van der Waals surface area contributed by atoms with E-state index in [-0.39, 0.29) is 5.78 Å². The number of hydrogen-bond donors (Lipinski definition) is 0. The SMILES string of the molecule is CC(=O)Cc1c(C)nn(-c2ccccc2)c1Cl. The lowest BCUT2D eigenvalue weighted by Crippen LogP contribution is -1.98. The number of benzene rings is 1. The van der Waals surface area contributed by atoms with Crippen LogP contribution in [0.3, 0.4) is 0 Å². The molecule has 0 bridgehead atoms. The van der Waals surface area contributed by atoms with Crippen LogP contribution in [0.2, 0.25) is 5.15 Å². The molecule has 0 amide bonds. The summed E-state index contributed by atoms with van der Waals surface area (Å²) in [5.41, 5.74) is 2.51. The summed E-state index contributed by atoms with van der Waals surface area (Å²) in [5, 5.41) is 4.88. The molecule has 0 aliphatic rings. The van der Waals surface area contributed by atoms with Crippen molar-refractivity contribution < 1.29 is 4.79 Å². The molecule has 0 N–H and O–H groups in total. The number of nitrogens with zero attached hydrogens (tertiary/aromatic N) is 2. The summed E-state index contributed by atoms with van der Waals surface area (Å²) in [6.07, 6.45) is 0.331. The zero-order valence-electron chi connectivity index (χ0n) is 9.77. The van der Waals surface area contributed by atoms with E-state index < -0.39 is 0 Å². The van der Waals surface area contributed by atoms with E-state index in [0.717, 1.165) is 16.9 Å². The van der Waals surface area contributed by atoms with Crippen molar-refractivity contribution in [3.63, 3.8) is 0 Å². The maximum atomic E-state index is 11.2. The van der Waals surface area contributed by atoms with Crippen LogP contribution in [0, 0.1) is 6.92 Å². The molecule has 0 saturated heterocycles. The second kappa shape index (κ2) is 4.72. The summed E-state index contributed by atoms with van der Waals surface area (Å²) < 4.78 is 1.66. The molecule has 17 heavy (non-hydrogen) atoms. The Morgan fingerprint density at radius 1 is 1.35 bits per heavy atom. The Morgan fingerprint density at radius 3 is 2.59 bits per heavy atom. The van der Waals surface area contributed by atoms with Crippen molar-refractivity contribution in [1.82, 2.24) is 9.78 Å². The summed E-state index contributed by atoms with van der Waals surface area (Å²) >= 11 is 6.26. The number of Topliss-reactive ketones (excluding diaryl/α,β-unsaturated/α-hetero) is 1. The van der Waals surface area contributed by atoms with Crippen LogP contribution >= 0.6 is 11.6 Å². The first kappa shape index (κ1) is 11.9. The summed E-state index contributed by atoms with van der Waals surface area (Å²) in [5.74, 6) is 0.0858. The van der Waals surface area contributed by atoms with E-state index in [9.17, 15) is 4.79 Å². The van der Waals surface area contributed by atoms with Gasteiger partial charge in [-0.2, -0.15) is 5.10 Å². The van der Waals surface area contributed by atoms with Gasteiger partial charge in [0, 0.05) is 12.0 Å². The van der Waals surface area contributed by atoms with Gasteiger partial charge in [0.05, 0.1) is 11.4 Å². The van der Waals surface area contributed by atoms with Gasteiger partial charge in [-0.3, -0.25) is 4.79 Å². The highest BCUT2D eigenvalue weighted by Gasteiger charge is 2.15. The largest absolute Gasteiger partial charge is 0.300 e. The Balaban J connectivity index is 2.48. The normalized spacial score (nSPS) is 10.5.